The van der Waals surface area contributed by atoms with Crippen LogP contribution in [0.2, 0.25) is 0 Å². The topological polar surface area (TPSA) is 98.5 Å². The van der Waals surface area contributed by atoms with E-state index >= 15 is 0 Å². The fourth-order valence-electron chi connectivity index (χ4n) is 2.73. The van der Waals surface area contributed by atoms with E-state index < -0.39 is 6.61 Å². The number of nitrogens with zero attached hydrogens (tertiary/aromatic N) is 2. The Labute approximate surface area is 177 Å². The SMILES string of the molecule is CCCNC(=O)c1cccc(NCc2nc(-c3ccc(OC(F)F)c(OC)c3)no2)c1. The van der Waals surface area contributed by atoms with Crippen LogP contribution in [-0.4, -0.2) is 36.3 Å². The highest BCUT2D eigenvalue weighted by Gasteiger charge is 2.15. The Morgan fingerprint density at radius 3 is 2.77 bits per heavy atom. The van der Waals surface area contributed by atoms with E-state index in [1.807, 2.05) is 13.0 Å². The number of hydrogen-bond donors (Lipinski definition) is 2. The summed E-state index contributed by atoms with van der Waals surface area (Å²) >= 11 is 0. The Balaban J connectivity index is 1.66. The fraction of sp³-hybridized carbons (Fsp3) is 0.286. The summed E-state index contributed by atoms with van der Waals surface area (Å²) < 4.78 is 39.7. The largest absolute Gasteiger partial charge is 0.493 e. The molecule has 2 N–H and O–H groups in total. The molecular weight excluding hydrogens is 410 g/mol. The molecule has 8 nitrogen and oxygen atoms in total. The van der Waals surface area contributed by atoms with Gasteiger partial charge in [0.2, 0.25) is 11.7 Å². The van der Waals surface area contributed by atoms with Crippen molar-refractivity contribution in [2.45, 2.75) is 26.5 Å². The van der Waals surface area contributed by atoms with Gasteiger partial charge in [-0.25, -0.2) is 0 Å². The van der Waals surface area contributed by atoms with E-state index in [2.05, 4.69) is 25.5 Å². The molecule has 2 aromatic carbocycles. The summed E-state index contributed by atoms with van der Waals surface area (Å²) in [5.74, 6) is 0.475. The van der Waals surface area contributed by atoms with Crippen LogP contribution in [0.4, 0.5) is 14.5 Å². The number of nitrogens with one attached hydrogen (secondary N) is 2. The van der Waals surface area contributed by atoms with E-state index in [4.69, 9.17) is 9.26 Å². The molecule has 0 unspecified atom stereocenters. The van der Waals surface area contributed by atoms with Gasteiger partial charge in [-0.3, -0.25) is 4.79 Å². The highest BCUT2D eigenvalue weighted by molar-refractivity contribution is 5.95. The second-order valence-corrected chi connectivity index (χ2v) is 6.45. The van der Waals surface area contributed by atoms with E-state index in [1.165, 1.54) is 25.3 Å². The molecule has 0 spiro atoms. The maximum atomic E-state index is 12.5. The van der Waals surface area contributed by atoms with E-state index in [1.54, 1.807) is 18.2 Å². The summed E-state index contributed by atoms with van der Waals surface area (Å²) in [5, 5.41) is 9.86. The minimum Gasteiger partial charge on any atom is -0.493 e. The van der Waals surface area contributed by atoms with Crippen molar-refractivity contribution in [2.24, 2.45) is 0 Å². The molecule has 1 heterocycles. The van der Waals surface area contributed by atoms with E-state index in [9.17, 15) is 13.6 Å². The molecule has 0 aliphatic carbocycles. The third-order valence-corrected chi connectivity index (χ3v) is 4.21. The first-order valence-corrected chi connectivity index (χ1v) is 9.58. The van der Waals surface area contributed by atoms with Gasteiger partial charge < -0.3 is 24.6 Å². The quantitative estimate of drug-likeness (QED) is 0.498. The first-order chi connectivity index (χ1) is 15.0. The summed E-state index contributed by atoms with van der Waals surface area (Å²) in [5.41, 5.74) is 1.78. The van der Waals surface area contributed by atoms with Crippen molar-refractivity contribution in [1.29, 1.82) is 0 Å². The number of hydrogen-bond acceptors (Lipinski definition) is 7. The summed E-state index contributed by atoms with van der Waals surface area (Å²) in [7, 11) is 1.35. The van der Waals surface area contributed by atoms with Gasteiger partial charge in [0.25, 0.3) is 5.91 Å². The normalized spacial score (nSPS) is 10.7. The fourth-order valence-corrected chi connectivity index (χ4v) is 2.73. The third kappa shape index (κ3) is 5.91. The lowest BCUT2D eigenvalue weighted by Crippen LogP contribution is -2.23. The van der Waals surface area contributed by atoms with Crippen molar-refractivity contribution >= 4 is 11.6 Å². The molecule has 0 radical (unpaired) electrons. The molecule has 1 amide bonds. The van der Waals surface area contributed by atoms with Gasteiger partial charge in [0.15, 0.2) is 11.5 Å². The Hall–Kier alpha value is -3.69. The van der Waals surface area contributed by atoms with Gasteiger partial charge in [-0.1, -0.05) is 18.1 Å². The lowest BCUT2D eigenvalue weighted by Gasteiger charge is -2.10. The molecule has 3 rings (SSSR count). The van der Waals surface area contributed by atoms with Gasteiger partial charge in [-0.05, 0) is 42.8 Å². The third-order valence-electron chi connectivity index (χ3n) is 4.21. The van der Waals surface area contributed by atoms with Crippen LogP contribution in [-0.2, 0) is 6.54 Å². The van der Waals surface area contributed by atoms with Crippen LogP contribution < -0.4 is 20.1 Å². The summed E-state index contributed by atoms with van der Waals surface area (Å²) in [6.07, 6.45) is 0.858. The number of rotatable bonds is 10. The molecule has 164 valence electrons. The lowest BCUT2D eigenvalue weighted by molar-refractivity contribution is -0.0512. The van der Waals surface area contributed by atoms with Crippen molar-refractivity contribution in [2.75, 3.05) is 19.0 Å². The Morgan fingerprint density at radius 2 is 2.03 bits per heavy atom. The number of amides is 1. The Morgan fingerprint density at radius 1 is 1.19 bits per heavy atom. The van der Waals surface area contributed by atoms with Crippen LogP contribution in [0, 0.1) is 0 Å². The second-order valence-electron chi connectivity index (χ2n) is 6.45. The molecule has 0 fully saturated rings. The summed E-state index contributed by atoms with van der Waals surface area (Å²) in [6, 6.07) is 11.4. The number of anilines is 1. The van der Waals surface area contributed by atoms with Gasteiger partial charge in [-0.2, -0.15) is 13.8 Å². The van der Waals surface area contributed by atoms with Crippen LogP contribution in [0.5, 0.6) is 11.5 Å². The lowest BCUT2D eigenvalue weighted by atomic mass is 10.2. The number of carbonyl (C=O) groups excluding carboxylic acids is 1. The molecule has 0 bridgehead atoms. The van der Waals surface area contributed by atoms with Crippen LogP contribution >= 0.6 is 0 Å². The molecule has 0 saturated heterocycles. The zero-order valence-electron chi connectivity index (χ0n) is 17.0. The number of aromatic nitrogens is 2. The van der Waals surface area contributed by atoms with E-state index in [-0.39, 0.29) is 29.8 Å². The van der Waals surface area contributed by atoms with Gasteiger partial charge in [0.05, 0.1) is 13.7 Å². The molecule has 31 heavy (non-hydrogen) atoms. The standard InChI is InChI=1S/C21H22F2N4O4/c1-3-9-24-20(28)14-5-4-6-15(10-14)25-12-18-26-19(27-31-18)13-7-8-16(30-21(22)23)17(11-13)29-2/h4-8,10-11,21,25H,3,9,12H2,1-2H3,(H,24,28). The number of halogens is 2. The van der Waals surface area contributed by atoms with Gasteiger partial charge in [0.1, 0.15) is 0 Å². The molecule has 0 aliphatic rings. The molecule has 1 aromatic heterocycles. The maximum absolute atomic E-state index is 12.5. The number of methoxy groups -OCH3 is 1. The van der Waals surface area contributed by atoms with Crippen molar-refractivity contribution in [3.8, 4) is 22.9 Å². The van der Waals surface area contributed by atoms with Crippen molar-refractivity contribution in [3.63, 3.8) is 0 Å². The van der Waals surface area contributed by atoms with Crippen LogP contribution in [0.3, 0.4) is 0 Å². The minimum absolute atomic E-state index is 0.0884. The van der Waals surface area contributed by atoms with E-state index in [0.717, 1.165) is 12.1 Å². The molecule has 0 aliphatic heterocycles. The minimum atomic E-state index is -2.96. The molecule has 0 atom stereocenters. The van der Waals surface area contributed by atoms with Crippen LogP contribution in [0.25, 0.3) is 11.4 Å². The summed E-state index contributed by atoms with van der Waals surface area (Å²) in [6.45, 7) is -0.129. The monoisotopic (exact) mass is 432 g/mol. The van der Waals surface area contributed by atoms with Crippen LogP contribution in [0.1, 0.15) is 29.6 Å². The Kier molecular flexibility index (Phi) is 7.36. The van der Waals surface area contributed by atoms with E-state index in [0.29, 0.717) is 23.6 Å². The average molecular weight is 432 g/mol. The first kappa shape index (κ1) is 22.0. The van der Waals surface area contributed by atoms with Gasteiger partial charge in [-0.15, -0.1) is 0 Å². The highest BCUT2D eigenvalue weighted by Crippen LogP contribution is 2.32. The number of alkyl halides is 2. The predicted octanol–water partition coefficient (Wildman–Crippen LogP) is 4.10. The average Bonchev–Trinajstić information content (AvgIpc) is 3.25. The van der Waals surface area contributed by atoms with Gasteiger partial charge >= 0.3 is 6.61 Å². The molecule has 3 aromatic rings. The predicted molar refractivity (Wildman–Crippen MR) is 109 cm³/mol. The second kappa shape index (κ2) is 10.4. The highest BCUT2D eigenvalue weighted by atomic mass is 19.3. The zero-order valence-corrected chi connectivity index (χ0v) is 17.0. The van der Waals surface area contributed by atoms with Crippen molar-refractivity contribution in [3.05, 3.63) is 53.9 Å². The van der Waals surface area contributed by atoms with Gasteiger partial charge in [0, 0.05) is 23.4 Å². The van der Waals surface area contributed by atoms with Crippen molar-refractivity contribution in [1.82, 2.24) is 15.5 Å². The zero-order chi connectivity index (χ0) is 22.2. The summed E-state index contributed by atoms with van der Waals surface area (Å²) in [4.78, 5) is 16.4. The number of carbonyl (C=O) groups is 1. The van der Waals surface area contributed by atoms with Crippen molar-refractivity contribution < 1.29 is 27.6 Å². The Bertz CT molecular complexity index is 1030. The number of ether oxygens (including phenoxy) is 2. The smallest absolute Gasteiger partial charge is 0.387 e. The molecule has 10 heteroatoms. The first-order valence-electron chi connectivity index (χ1n) is 9.58. The molecule has 0 saturated carbocycles. The van der Waals surface area contributed by atoms with Crippen LogP contribution in [0.15, 0.2) is 47.0 Å². The maximum Gasteiger partial charge on any atom is 0.387 e. The molecular formula is C21H22F2N4O4. The number of benzene rings is 2.